The van der Waals surface area contributed by atoms with Crippen LogP contribution in [-0.2, 0) is 17.1 Å². The average Bonchev–Trinajstić information content (AvgIpc) is 2.60. The van der Waals surface area contributed by atoms with Crippen LogP contribution in [-0.4, -0.2) is 23.2 Å². The molecule has 19 heavy (non-hydrogen) atoms. The molecule has 2 rings (SSSR count). The van der Waals surface area contributed by atoms with E-state index in [1.54, 1.807) is 20.0 Å². The predicted molar refractivity (Wildman–Crippen MR) is 70.8 cm³/mol. The van der Waals surface area contributed by atoms with Gasteiger partial charge in [-0.25, -0.2) is 8.42 Å². The Kier molecular flexibility index (Phi) is 3.38. The molecule has 102 valence electrons. The first-order valence-electron chi connectivity index (χ1n) is 5.21. The zero-order valence-corrected chi connectivity index (χ0v) is 11.7. The van der Waals surface area contributed by atoms with E-state index < -0.39 is 15.6 Å². The summed E-state index contributed by atoms with van der Waals surface area (Å²) in [5.74, 6) is 0.319. The smallest absolute Gasteiger partial charge is 0.266 e. The average molecular weight is 303 g/mol. The molecule has 0 aliphatic carbocycles. The van der Waals surface area contributed by atoms with Crippen molar-refractivity contribution >= 4 is 27.4 Å². The van der Waals surface area contributed by atoms with Crippen molar-refractivity contribution in [1.82, 2.24) is 14.8 Å². The van der Waals surface area contributed by atoms with Gasteiger partial charge in [-0.2, -0.15) is 5.10 Å². The zero-order chi connectivity index (χ0) is 14.2. The van der Waals surface area contributed by atoms with Gasteiger partial charge in [0.2, 0.25) is 0 Å². The number of nitrogens with one attached hydrogen (secondary N) is 2. The van der Waals surface area contributed by atoms with Crippen LogP contribution in [0.4, 0.5) is 5.82 Å². The number of pyridine rings is 1. The number of rotatable bonds is 3. The van der Waals surface area contributed by atoms with Crippen LogP contribution in [0, 0.1) is 6.92 Å². The fraction of sp³-hybridized carbons (Fsp3) is 0.200. The SMILES string of the molecule is Cc1cc(NS(=O)(=O)c2c[nH]c(=O)c(Cl)c2)n(C)n1. The highest BCUT2D eigenvalue weighted by Crippen LogP contribution is 2.16. The van der Waals surface area contributed by atoms with Crippen LogP contribution in [0.5, 0.6) is 0 Å². The van der Waals surface area contributed by atoms with Crippen molar-refractivity contribution in [2.24, 2.45) is 7.05 Å². The highest BCUT2D eigenvalue weighted by atomic mass is 35.5. The zero-order valence-electron chi connectivity index (χ0n) is 10.1. The first-order valence-corrected chi connectivity index (χ1v) is 7.07. The van der Waals surface area contributed by atoms with Gasteiger partial charge in [-0.1, -0.05) is 11.6 Å². The van der Waals surface area contributed by atoms with E-state index in [4.69, 9.17) is 11.6 Å². The number of halogens is 1. The van der Waals surface area contributed by atoms with Gasteiger partial charge >= 0.3 is 0 Å². The quantitative estimate of drug-likeness (QED) is 0.879. The van der Waals surface area contributed by atoms with Crippen molar-refractivity contribution in [3.8, 4) is 0 Å². The van der Waals surface area contributed by atoms with E-state index in [1.165, 1.54) is 4.68 Å². The Labute approximate surface area is 114 Å². The van der Waals surface area contributed by atoms with Gasteiger partial charge in [0.15, 0.2) is 0 Å². The lowest BCUT2D eigenvalue weighted by molar-refractivity contribution is 0.599. The molecule has 9 heteroatoms. The Balaban J connectivity index is 2.40. The van der Waals surface area contributed by atoms with Crippen LogP contribution < -0.4 is 10.3 Å². The van der Waals surface area contributed by atoms with Gasteiger partial charge in [-0.05, 0) is 13.0 Å². The largest absolute Gasteiger partial charge is 0.326 e. The third-order valence-corrected chi connectivity index (χ3v) is 4.00. The maximum Gasteiger partial charge on any atom is 0.266 e. The molecule has 7 nitrogen and oxygen atoms in total. The molecule has 0 amide bonds. The summed E-state index contributed by atoms with van der Waals surface area (Å²) in [7, 11) is -2.21. The number of sulfonamides is 1. The molecule has 2 heterocycles. The number of nitrogens with zero attached hydrogens (tertiary/aromatic N) is 2. The fourth-order valence-corrected chi connectivity index (χ4v) is 2.80. The first-order chi connectivity index (χ1) is 8.79. The third-order valence-electron chi connectivity index (χ3n) is 2.38. The molecule has 0 aromatic carbocycles. The van der Waals surface area contributed by atoms with E-state index in [0.717, 1.165) is 12.3 Å². The lowest BCUT2D eigenvalue weighted by atomic mass is 10.5. The van der Waals surface area contributed by atoms with Crippen molar-refractivity contribution in [3.05, 3.63) is 39.4 Å². The number of aromatic amines is 1. The molecule has 0 bridgehead atoms. The van der Waals surface area contributed by atoms with Gasteiger partial charge in [-0.15, -0.1) is 0 Å². The number of hydrogen-bond acceptors (Lipinski definition) is 4. The van der Waals surface area contributed by atoms with Crippen LogP contribution >= 0.6 is 11.6 Å². The van der Waals surface area contributed by atoms with E-state index in [-0.39, 0.29) is 9.92 Å². The van der Waals surface area contributed by atoms with Gasteiger partial charge in [0, 0.05) is 19.3 Å². The number of anilines is 1. The predicted octanol–water partition coefficient (Wildman–Crippen LogP) is 0.871. The summed E-state index contributed by atoms with van der Waals surface area (Å²) in [5.41, 5.74) is 0.136. The van der Waals surface area contributed by atoms with Gasteiger partial charge in [0.25, 0.3) is 15.6 Å². The van der Waals surface area contributed by atoms with Gasteiger partial charge in [0.1, 0.15) is 15.7 Å². The molecule has 0 saturated heterocycles. The van der Waals surface area contributed by atoms with Crippen LogP contribution in [0.1, 0.15) is 5.69 Å². The number of aryl methyl sites for hydroxylation is 2. The Hall–Kier alpha value is -1.80. The van der Waals surface area contributed by atoms with Crippen molar-refractivity contribution in [2.75, 3.05) is 4.72 Å². The second-order valence-corrected chi connectivity index (χ2v) is 6.00. The minimum atomic E-state index is -3.83. The summed E-state index contributed by atoms with van der Waals surface area (Å²) in [6.07, 6.45) is 1.08. The number of aromatic nitrogens is 3. The molecule has 0 aliphatic heterocycles. The molecule has 2 N–H and O–H groups in total. The minimum absolute atomic E-state index is 0.129. The summed E-state index contributed by atoms with van der Waals surface area (Å²) in [6, 6.07) is 2.68. The second kappa shape index (κ2) is 4.71. The van der Waals surface area contributed by atoms with Crippen molar-refractivity contribution in [3.63, 3.8) is 0 Å². The number of hydrogen-bond donors (Lipinski definition) is 2. The minimum Gasteiger partial charge on any atom is -0.326 e. The molecular formula is C10H11ClN4O3S. The van der Waals surface area contributed by atoms with Crippen molar-refractivity contribution in [1.29, 1.82) is 0 Å². The fourth-order valence-electron chi connectivity index (χ4n) is 1.50. The first kappa shape index (κ1) is 13.6. The van der Waals surface area contributed by atoms with E-state index in [9.17, 15) is 13.2 Å². The summed E-state index contributed by atoms with van der Waals surface area (Å²) in [5, 5.41) is 3.84. The van der Waals surface area contributed by atoms with Crippen LogP contribution in [0.25, 0.3) is 0 Å². The second-order valence-electron chi connectivity index (χ2n) is 3.91. The topological polar surface area (TPSA) is 96.9 Å². The van der Waals surface area contributed by atoms with Crippen LogP contribution in [0.15, 0.2) is 28.0 Å². The summed E-state index contributed by atoms with van der Waals surface area (Å²) in [4.78, 5) is 13.2. The Morgan fingerprint density at radius 1 is 1.42 bits per heavy atom. The molecule has 0 spiro atoms. The summed E-state index contributed by atoms with van der Waals surface area (Å²) in [6.45, 7) is 1.74. The Morgan fingerprint density at radius 3 is 2.63 bits per heavy atom. The van der Waals surface area contributed by atoms with Crippen LogP contribution in [0.2, 0.25) is 5.02 Å². The maximum absolute atomic E-state index is 12.1. The highest BCUT2D eigenvalue weighted by molar-refractivity contribution is 7.92. The van der Waals surface area contributed by atoms with Gasteiger partial charge in [0.05, 0.1) is 5.69 Å². The van der Waals surface area contributed by atoms with Gasteiger partial charge in [-0.3, -0.25) is 14.2 Å². The molecule has 0 atom stereocenters. The molecular weight excluding hydrogens is 292 g/mol. The number of H-pyrrole nitrogens is 1. The van der Waals surface area contributed by atoms with E-state index in [0.29, 0.717) is 11.5 Å². The third kappa shape index (κ3) is 2.79. The maximum atomic E-state index is 12.1. The van der Waals surface area contributed by atoms with Crippen molar-refractivity contribution < 1.29 is 8.42 Å². The molecule has 2 aromatic heterocycles. The summed E-state index contributed by atoms with van der Waals surface area (Å²) < 4.78 is 28.0. The molecule has 0 fully saturated rings. The van der Waals surface area contributed by atoms with E-state index >= 15 is 0 Å². The molecule has 0 aliphatic rings. The normalized spacial score (nSPS) is 11.5. The lowest BCUT2D eigenvalue weighted by Gasteiger charge is -2.07. The molecule has 2 aromatic rings. The molecule has 0 unspecified atom stereocenters. The molecule has 0 saturated carbocycles. The summed E-state index contributed by atoms with van der Waals surface area (Å²) >= 11 is 5.60. The van der Waals surface area contributed by atoms with Crippen LogP contribution in [0.3, 0.4) is 0 Å². The van der Waals surface area contributed by atoms with Gasteiger partial charge < -0.3 is 4.98 Å². The van der Waals surface area contributed by atoms with Crippen molar-refractivity contribution in [2.45, 2.75) is 11.8 Å². The monoisotopic (exact) mass is 302 g/mol. The standard InChI is InChI=1S/C10H11ClN4O3S/c1-6-3-9(15(2)13-6)14-19(17,18)7-4-8(11)10(16)12-5-7/h3-5,14H,1-2H3,(H,12,16). The molecule has 0 radical (unpaired) electrons. The highest BCUT2D eigenvalue weighted by Gasteiger charge is 2.17. The Bertz CT molecular complexity index is 778. The van der Waals surface area contributed by atoms with E-state index in [2.05, 4.69) is 14.8 Å². The van der Waals surface area contributed by atoms with E-state index in [1.807, 2.05) is 0 Å². The lowest BCUT2D eigenvalue weighted by Crippen LogP contribution is -2.17. The Morgan fingerprint density at radius 2 is 2.11 bits per heavy atom.